The highest BCUT2D eigenvalue weighted by Gasteiger charge is 2.24. The lowest BCUT2D eigenvalue weighted by atomic mass is 10.1. The number of anilines is 1. The van der Waals surface area contributed by atoms with Gasteiger partial charge in [-0.1, -0.05) is 47.5 Å². The van der Waals surface area contributed by atoms with E-state index >= 15 is 0 Å². The third-order valence-corrected chi connectivity index (χ3v) is 5.09. The number of nitrogens with one attached hydrogen (secondary N) is 1. The topological polar surface area (TPSA) is 67.2 Å². The van der Waals surface area contributed by atoms with Crippen LogP contribution in [0.5, 0.6) is 0 Å². The molecular weight excluding hydrogens is 411 g/mol. The van der Waals surface area contributed by atoms with Gasteiger partial charge in [-0.3, -0.25) is 9.59 Å². The molecule has 6 nitrogen and oxygen atoms in total. The van der Waals surface area contributed by atoms with E-state index in [4.69, 9.17) is 23.2 Å². The summed E-state index contributed by atoms with van der Waals surface area (Å²) in [6.07, 6.45) is 0. The molecule has 1 heterocycles. The third kappa shape index (κ3) is 4.44. The molecule has 29 heavy (non-hydrogen) atoms. The number of para-hydroxylation sites is 2. The van der Waals surface area contributed by atoms with Gasteiger partial charge in [0.15, 0.2) is 0 Å². The lowest BCUT2D eigenvalue weighted by Crippen LogP contribution is -2.35. The minimum Gasteiger partial charge on any atom is -0.332 e. The van der Waals surface area contributed by atoms with Crippen molar-refractivity contribution in [3.8, 4) is 5.69 Å². The highest BCUT2D eigenvalue weighted by molar-refractivity contribution is 6.39. The molecule has 0 radical (unpaired) electrons. The van der Waals surface area contributed by atoms with Gasteiger partial charge < -0.3 is 10.2 Å². The van der Waals surface area contributed by atoms with Gasteiger partial charge in [0.1, 0.15) is 0 Å². The highest BCUT2D eigenvalue weighted by Crippen LogP contribution is 2.29. The molecule has 0 atom stereocenters. The number of aryl methyl sites for hydroxylation is 1. The van der Waals surface area contributed by atoms with Crippen LogP contribution in [0.2, 0.25) is 10.0 Å². The number of carbonyl (C=O) groups excluding carboxylic acids is 2. The molecule has 3 rings (SSSR count). The Balaban J connectivity index is 1.77. The van der Waals surface area contributed by atoms with Crippen LogP contribution in [-0.2, 0) is 4.79 Å². The van der Waals surface area contributed by atoms with Gasteiger partial charge in [-0.05, 0) is 38.1 Å². The minimum absolute atomic E-state index is 0.157. The van der Waals surface area contributed by atoms with Crippen LogP contribution in [0.4, 0.5) is 5.69 Å². The number of carbonyl (C=O) groups is 2. The summed E-state index contributed by atoms with van der Waals surface area (Å²) in [6, 6.07) is 14.5. The van der Waals surface area contributed by atoms with Crippen LogP contribution in [0.3, 0.4) is 0 Å². The zero-order chi connectivity index (χ0) is 21.1. The predicted octanol–water partition coefficient (Wildman–Crippen LogP) is 4.51. The third-order valence-electron chi connectivity index (χ3n) is 4.46. The second-order valence-electron chi connectivity index (χ2n) is 6.60. The summed E-state index contributed by atoms with van der Waals surface area (Å²) in [7, 11) is 1.56. The number of amides is 2. The van der Waals surface area contributed by atoms with Crippen LogP contribution in [0.1, 0.15) is 21.7 Å². The molecule has 0 bridgehead atoms. The molecule has 2 aromatic carbocycles. The average molecular weight is 431 g/mol. The van der Waals surface area contributed by atoms with Crippen molar-refractivity contribution < 1.29 is 9.59 Å². The lowest BCUT2D eigenvalue weighted by molar-refractivity contribution is -0.116. The van der Waals surface area contributed by atoms with Crippen molar-refractivity contribution in [3.63, 3.8) is 0 Å². The summed E-state index contributed by atoms with van der Waals surface area (Å²) < 4.78 is 1.72. The van der Waals surface area contributed by atoms with Gasteiger partial charge in [-0.15, -0.1) is 0 Å². The summed E-state index contributed by atoms with van der Waals surface area (Å²) in [5.74, 6) is -0.691. The second kappa shape index (κ2) is 8.68. The Morgan fingerprint density at radius 2 is 1.66 bits per heavy atom. The quantitative estimate of drug-likeness (QED) is 0.647. The molecule has 0 aliphatic carbocycles. The van der Waals surface area contributed by atoms with Gasteiger partial charge in [-0.25, -0.2) is 4.68 Å². The number of nitrogens with zero attached hydrogens (tertiary/aromatic N) is 3. The van der Waals surface area contributed by atoms with E-state index in [1.807, 2.05) is 37.3 Å². The minimum atomic E-state index is -0.401. The van der Waals surface area contributed by atoms with Crippen molar-refractivity contribution in [1.82, 2.24) is 14.7 Å². The number of likely N-dealkylation sites (N-methyl/N-ethyl adjacent to an activating group) is 1. The highest BCUT2D eigenvalue weighted by atomic mass is 35.5. The first kappa shape index (κ1) is 20.9. The van der Waals surface area contributed by atoms with E-state index in [2.05, 4.69) is 10.4 Å². The Kier molecular flexibility index (Phi) is 6.25. The first-order valence-electron chi connectivity index (χ1n) is 8.90. The molecule has 0 aliphatic rings. The van der Waals surface area contributed by atoms with Gasteiger partial charge in [-0.2, -0.15) is 5.10 Å². The largest absolute Gasteiger partial charge is 0.332 e. The molecular formula is C21H20Cl2N4O2. The molecule has 2 amide bonds. The molecule has 3 aromatic rings. The molecule has 1 N–H and O–H groups in total. The molecule has 1 aromatic heterocycles. The van der Waals surface area contributed by atoms with Crippen LogP contribution < -0.4 is 5.32 Å². The van der Waals surface area contributed by atoms with E-state index < -0.39 is 5.91 Å². The Labute approximate surface area is 179 Å². The van der Waals surface area contributed by atoms with E-state index in [1.54, 1.807) is 36.9 Å². The average Bonchev–Trinajstić information content (AvgIpc) is 2.99. The molecule has 0 aliphatic heterocycles. The monoisotopic (exact) mass is 430 g/mol. The maximum atomic E-state index is 13.0. The van der Waals surface area contributed by atoms with Crippen LogP contribution >= 0.6 is 23.2 Å². The van der Waals surface area contributed by atoms with E-state index in [0.29, 0.717) is 32.7 Å². The summed E-state index contributed by atoms with van der Waals surface area (Å²) in [5, 5.41) is 7.80. The summed E-state index contributed by atoms with van der Waals surface area (Å²) in [6.45, 7) is 3.45. The number of aromatic nitrogens is 2. The van der Waals surface area contributed by atoms with Crippen molar-refractivity contribution in [2.75, 3.05) is 18.9 Å². The van der Waals surface area contributed by atoms with Crippen LogP contribution in [-0.4, -0.2) is 40.1 Å². The number of hydrogen-bond acceptors (Lipinski definition) is 3. The maximum absolute atomic E-state index is 13.0. The SMILES string of the molecule is Cc1nn(-c2ccccc2)c(C)c1C(=O)N(C)CC(=O)Nc1c(Cl)cccc1Cl. The van der Waals surface area contributed by atoms with Crippen molar-refractivity contribution in [2.45, 2.75) is 13.8 Å². The van der Waals surface area contributed by atoms with Gasteiger partial charge >= 0.3 is 0 Å². The zero-order valence-electron chi connectivity index (χ0n) is 16.2. The fourth-order valence-electron chi connectivity index (χ4n) is 3.05. The Morgan fingerprint density at radius 1 is 1.03 bits per heavy atom. The molecule has 150 valence electrons. The van der Waals surface area contributed by atoms with Crippen molar-refractivity contribution >= 4 is 40.7 Å². The number of benzene rings is 2. The van der Waals surface area contributed by atoms with Crippen LogP contribution in [0.15, 0.2) is 48.5 Å². The smallest absolute Gasteiger partial charge is 0.257 e. The van der Waals surface area contributed by atoms with E-state index in [0.717, 1.165) is 5.69 Å². The fraction of sp³-hybridized carbons (Fsp3) is 0.190. The van der Waals surface area contributed by atoms with Crippen molar-refractivity contribution in [2.24, 2.45) is 0 Å². The molecule has 0 unspecified atom stereocenters. The van der Waals surface area contributed by atoms with E-state index in [-0.39, 0.29) is 12.5 Å². The maximum Gasteiger partial charge on any atom is 0.257 e. The first-order chi connectivity index (χ1) is 13.8. The fourth-order valence-corrected chi connectivity index (χ4v) is 3.54. The number of hydrogen-bond donors (Lipinski definition) is 1. The standard InChI is InChI=1S/C21H20Cl2N4O2/c1-13-19(14(2)27(25-13)15-8-5-4-6-9-15)21(29)26(3)12-18(28)24-20-16(22)10-7-11-17(20)23/h4-11H,12H2,1-3H3,(H,24,28). The van der Waals surface area contributed by atoms with E-state index in [9.17, 15) is 9.59 Å². The first-order valence-corrected chi connectivity index (χ1v) is 9.66. The zero-order valence-corrected chi connectivity index (χ0v) is 17.8. The Hall–Kier alpha value is -2.83. The molecule has 0 fully saturated rings. The van der Waals surface area contributed by atoms with Gasteiger partial charge in [0.05, 0.1) is 44.9 Å². The van der Waals surface area contributed by atoms with Crippen LogP contribution in [0.25, 0.3) is 5.69 Å². The second-order valence-corrected chi connectivity index (χ2v) is 7.41. The molecule has 0 spiro atoms. The van der Waals surface area contributed by atoms with Crippen molar-refractivity contribution in [1.29, 1.82) is 0 Å². The van der Waals surface area contributed by atoms with Gasteiger partial charge in [0, 0.05) is 7.05 Å². The predicted molar refractivity (Wildman–Crippen MR) is 115 cm³/mol. The summed E-state index contributed by atoms with van der Waals surface area (Å²) in [5.41, 5.74) is 2.96. The normalized spacial score (nSPS) is 10.7. The van der Waals surface area contributed by atoms with Crippen LogP contribution in [0, 0.1) is 13.8 Å². The number of rotatable bonds is 5. The lowest BCUT2D eigenvalue weighted by Gasteiger charge is -2.18. The van der Waals surface area contributed by atoms with Crippen molar-refractivity contribution in [3.05, 3.63) is 75.5 Å². The summed E-state index contributed by atoms with van der Waals surface area (Å²) >= 11 is 12.2. The Bertz CT molecular complexity index is 1040. The van der Waals surface area contributed by atoms with Gasteiger partial charge in [0.25, 0.3) is 5.91 Å². The van der Waals surface area contributed by atoms with E-state index in [1.165, 1.54) is 4.90 Å². The number of halogens is 2. The van der Waals surface area contributed by atoms with Gasteiger partial charge in [0.2, 0.25) is 5.91 Å². The molecule has 0 saturated heterocycles. The molecule has 8 heteroatoms. The Morgan fingerprint density at radius 3 is 2.28 bits per heavy atom. The summed E-state index contributed by atoms with van der Waals surface area (Å²) in [4.78, 5) is 26.7. The molecule has 0 saturated carbocycles.